The molecule has 4 nitrogen and oxygen atoms in total. The number of rotatable bonds is 6. The van der Waals surface area contributed by atoms with Crippen molar-refractivity contribution in [3.05, 3.63) is 0 Å². The van der Waals surface area contributed by atoms with Crippen LogP contribution in [0.25, 0.3) is 0 Å². The molecule has 1 saturated carbocycles. The van der Waals surface area contributed by atoms with E-state index < -0.39 is 0 Å². The molecule has 1 aliphatic rings. The molecule has 0 aromatic carbocycles. The summed E-state index contributed by atoms with van der Waals surface area (Å²) in [4.78, 5) is 13.4. The second-order valence-electron chi connectivity index (χ2n) is 6.18. The first-order valence-electron chi connectivity index (χ1n) is 7.39. The van der Waals surface area contributed by atoms with Gasteiger partial charge in [-0.05, 0) is 31.1 Å². The van der Waals surface area contributed by atoms with Gasteiger partial charge in [0.1, 0.15) is 0 Å². The van der Waals surface area contributed by atoms with Gasteiger partial charge in [0.2, 0.25) is 5.91 Å². The topological polar surface area (TPSA) is 70.1 Å². The van der Waals surface area contributed by atoms with Gasteiger partial charge < -0.3 is 5.73 Å². The summed E-state index contributed by atoms with van der Waals surface area (Å²) in [7, 11) is 0. The molecule has 0 aliphatic heterocycles. The molecule has 1 amide bonds. The van der Waals surface area contributed by atoms with Gasteiger partial charge in [-0.15, -0.1) is 0 Å². The molecule has 0 spiro atoms. The first-order valence-corrected chi connectivity index (χ1v) is 7.39. The lowest BCUT2D eigenvalue weighted by Crippen LogP contribution is -2.48. The summed E-state index contributed by atoms with van der Waals surface area (Å²) in [5, 5.41) is 9.34. The lowest BCUT2D eigenvalue weighted by atomic mass is 9.77. The molecule has 0 saturated heterocycles. The average Bonchev–Trinajstić information content (AvgIpc) is 2.36. The molecule has 19 heavy (non-hydrogen) atoms. The number of hydrogen-bond acceptors (Lipinski definition) is 3. The van der Waals surface area contributed by atoms with E-state index in [9.17, 15) is 10.1 Å². The van der Waals surface area contributed by atoms with Crippen LogP contribution in [0.4, 0.5) is 0 Å². The quantitative estimate of drug-likeness (QED) is 0.800. The number of nitriles is 1. The fourth-order valence-corrected chi connectivity index (χ4v) is 3.14. The van der Waals surface area contributed by atoms with Crippen molar-refractivity contribution in [2.24, 2.45) is 23.5 Å². The number of carbonyl (C=O) groups is 1. The van der Waals surface area contributed by atoms with Crippen molar-refractivity contribution in [1.29, 1.82) is 5.26 Å². The third-order valence-corrected chi connectivity index (χ3v) is 4.10. The van der Waals surface area contributed by atoms with Gasteiger partial charge in [-0.25, -0.2) is 0 Å². The van der Waals surface area contributed by atoms with Crippen LogP contribution in [0.5, 0.6) is 0 Å². The van der Waals surface area contributed by atoms with E-state index in [-0.39, 0.29) is 24.4 Å². The highest BCUT2D eigenvalue weighted by Crippen LogP contribution is 2.34. The maximum atomic E-state index is 11.3. The molecule has 3 atom stereocenters. The molecule has 0 heterocycles. The lowest BCUT2D eigenvalue weighted by Gasteiger charge is -2.40. The molecular weight excluding hydrogens is 238 g/mol. The van der Waals surface area contributed by atoms with Crippen molar-refractivity contribution >= 4 is 5.91 Å². The Kier molecular flexibility index (Phi) is 6.30. The minimum absolute atomic E-state index is 0.0425. The fourth-order valence-electron chi connectivity index (χ4n) is 3.14. The van der Waals surface area contributed by atoms with Crippen LogP contribution < -0.4 is 5.73 Å². The SMILES string of the molecule is CCC1CCC(C#N)C(N(CC(N)=O)CC(C)C)C1. The molecular formula is C15H27N3O. The van der Waals surface area contributed by atoms with E-state index in [1.807, 2.05) is 0 Å². The first-order chi connectivity index (χ1) is 8.97. The van der Waals surface area contributed by atoms with Crippen LogP contribution in [0, 0.1) is 29.1 Å². The van der Waals surface area contributed by atoms with E-state index in [1.165, 1.54) is 0 Å². The van der Waals surface area contributed by atoms with E-state index in [0.29, 0.717) is 11.8 Å². The number of primary amides is 1. The molecule has 1 aliphatic carbocycles. The van der Waals surface area contributed by atoms with Crippen LogP contribution in [-0.4, -0.2) is 29.9 Å². The van der Waals surface area contributed by atoms with Crippen LogP contribution >= 0.6 is 0 Å². The Morgan fingerprint density at radius 1 is 1.47 bits per heavy atom. The predicted octanol–water partition coefficient (Wildman–Crippen LogP) is 2.15. The van der Waals surface area contributed by atoms with E-state index in [1.54, 1.807) is 0 Å². The van der Waals surface area contributed by atoms with Crippen LogP contribution in [0.3, 0.4) is 0 Å². The Morgan fingerprint density at radius 2 is 2.16 bits per heavy atom. The molecule has 2 N–H and O–H groups in total. The highest BCUT2D eigenvalue weighted by molar-refractivity contribution is 5.76. The van der Waals surface area contributed by atoms with Crippen LogP contribution in [0.2, 0.25) is 0 Å². The van der Waals surface area contributed by atoms with Crippen molar-refractivity contribution in [1.82, 2.24) is 4.90 Å². The number of hydrogen-bond donors (Lipinski definition) is 1. The number of amides is 1. The molecule has 3 unspecified atom stereocenters. The highest BCUT2D eigenvalue weighted by Gasteiger charge is 2.34. The molecule has 1 rings (SSSR count). The Hall–Kier alpha value is -1.08. The fraction of sp³-hybridized carbons (Fsp3) is 0.867. The van der Waals surface area contributed by atoms with Gasteiger partial charge in [0.05, 0.1) is 18.5 Å². The minimum atomic E-state index is -0.295. The zero-order valence-electron chi connectivity index (χ0n) is 12.4. The summed E-state index contributed by atoms with van der Waals surface area (Å²) >= 11 is 0. The van der Waals surface area contributed by atoms with Gasteiger partial charge in [-0.3, -0.25) is 9.69 Å². The molecule has 1 fully saturated rings. The second-order valence-corrected chi connectivity index (χ2v) is 6.18. The number of nitrogens with zero attached hydrogens (tertiary/aromatic N) is 2. The van der Waals surface area contributed by atoms with Crippen LogP contribution in [0.1, 0.15) is 46.5 Å². The summed E-state index contributed by atoms with van der Waals surface area (Å²) < 4.78 is 0. The average molecular weight is 265 g/mol. The van der Waals surface area contributed by atoms with Gasteiger partial charge in [-0.2, -0.15) is 5.26 Å². The summed E-state index contributed by atoms with van der Waals surface area (Å²) in [5.41, 5.74) is 5.37. The Labute approximate surface area is 116 Å². The number of nitrogens with two attached hydrogens (primary N) is 1. The van der Waals surface area contributed by atoms with Gasteiger partial charge in [0, 0.05) is 12.6 Å². The molecule has 0 aromatic rings. The maximum absolute atomic E-state index is 11.3. The van der Waals surface area contributed by atoms with Crippen LogP contribution in [0.15, 0.2) is 0 Å². The predicted molar refractivity (Wildman–Crippen MR) is 76.1 cm³/mol. The Bertz CT molecular complexity index is 335. The van der Waals surface area contributed by atoms with Crippen molar-refractivity contribution < 1.29 is 4.79 Å². The molecule has 0 aromatic heterocycles. The lowest BCUT2D eigenvalue weighted by molar-refractivity contribution is -0.120. The third-order valence-electron chi connectivity index (χ3n) is 4.10. The monoisotopic (exact) mass is 265 g/mol. The summed E-state index contributed by atoms with van der Waals surface area (Å²) in [6.07, 6.45) is 4.26. The highest BCUT2D eigenvalue weighted by atomic mass is 16.1. The standard InChI is InChI=1S/C15H27N3O/c1-4-12-5-6-13(8-16)14(7-12)18(9-11(2)3)10-15(17)19/h11-14H,4-7,9-10H2,1-3H3,(H2,17,19). The van der Waals surface area contributed by atoms with Crippen molar-refractivity contribution in [2.75, 3.05) is 13.1 Å². The maximum Gasteiger partial charge on any atom is 0.231 e. The van der Waals surface area contributed by atoms with E-state index in [0.717, 1.165) is 32.2 Å². The van der Waals surface area contributed by atoms with Crippen molar-refractivity contribution in [2.45, 2.75) is 52.5 Å². The smallest absolute Gasteiger partial charge is 0.231 e. The Balaban J connectivity index is 2.82. The van der Waals surface area contributed by atoms with Gasteiger partial charge in [0.15, 0.2) is 0 Å². The molecule has 0 radical (unpaired) electrons. The number of carbonyl (C=O) groups excluding carboxylic acids is 1. The zero-order valence-corrected chi connectivity index (χ0v) is 12.4. The molecule has 4 heteroatoms. The van der Waals surface area contributed by atoms with Gasteiger partial charge >= 0.3 is 0 Å². The van der Waals surface area contributed by atoms with E-state index in [4.69, 9.17) is 5.73 Å². The molecule has 0 bridgehead atoms. The van der Waals surface area contributed by atoms with Crippen molar-refractivity contribution in [3.8, 4) is 6.07 Å². The normalized spacial score (nSPS) is 27.5. The van der Waals surface area contributed by atoms with E-state index in [2.05, 4.69) is 31.7 Å². The Morgan fingerprint density at radius 3 is 2.63 bits per heavy atom. The third kappa shape index (κ3) is 4.83. The minimum Gasteiger partial charge on any atom is -0.369 e. The van der Waals surface area contributed by atoms with Gasteiger partial charge in [0.25, 0.3) is 0 Å². The van der Waals surface area contributed by atoms with Gasteiger partial charge in [-0.1, -0.05) is 27.2 Å². The summed E-state index contributed by atoms with van der Waals surface area (Å²) in [6.45, 7) is 7.58. The second kappa shape index (κ2) is 7.49. The summed E-state index contributed by atoms with van der Waals surface area (Å²) in [6, 6.07) is 2.62. The first kappa shape index (κ1) is 16.0. The summed E-state index contributed by atoms with van der Waals surface area (Å²) in [5.74, 6) is 0.898. The molecule has 108 valence electrons. The van der Waals surface area contributed by atoms with E-state index >= 15 is 0 Å². The van der Waals surface area contributed by atoms with Crippen molar-refractivity contribution in [3.63, 3.8) is 0 Å². The van der Waals surface area contributed by atoms with Crippen LogP contribution in [-0.2, 0) is 4.79 Å². The largest absolute Gasteiger partial charge is 0.369 e. The zero-order chi connectivity index (χ0) is 14.4.